The van der Waals surface area contributed by atoms with Crippen LogP contribution in [0.3, 0.4) is 0 Å². The third kappa shape index (κ3) is 4.64. The van der Waals surface area contributed by atoms with Gasteiger partial charge >= 0.3 is 0 Å². The van der Waals surface area contributed by atoms with Crippen LogP contribution in [0.4, 0.5) is 5.69 Å². The predicted molar refractivity (Wildman–Crippen MR) is 86.8 cm³/mol. The number of hydrogen-bond donors (Lipinski definition) is 1. The molecule has 0 unspecified atom stereocenters. The largest absolute Gasteiger partial charge is 0.276 e. The van der Waals surface area contributed by atoms with Gasteiger partial charge in [-0.1, -0.05) is 18.2 Å². The van der Waals surface area contributed by atoms with Gasteiger partial charge in [0.15, 0.2) is 0 Å². The smallest absolute Gasteiger partial charge is 0.273 e. The van der Waals surface area contributed by atoms with E-state index in [0.717, 1.165) is 4.88 Å². The zero-order valence-corrected chi connectivity index (χ0v) is 12.3. The highest BCUT2D eigenvalue weighted by atomic mass is 32.1. The molecule has 1 amide bonds. The van der Waals surface area contributed by atoms with E-state index in [1.807, 2.05) is 17.5 Å². The molecule has 0 aliphatic carbocycles. The SMILES string of the molecule is O=C(Cc1cccs1)NN=C/C=C\c1ccccc1[N+](=O)[O-]. The van der Waals surface area contributed by atoms with Crippen molar-refractivity contribution in [3.8, 4) is 0 Å². The van der Waals surface area contributed by atoms with Crippen LogP contribution in [0.15, 0.2) is 53.0 Å². The Hall–Kier alpha value is -2.80. The monoisotopic (exact) mass is 315 g/mol. The predicted octanol–water partition coefficient (Wildman–Crippen LogP) is 3.01. The van der Waals surface area contributed by atoms with Crippen LogP contribution in [0, 0.1) is 10.1 Å². The van der Waals surface area contributed by atoms with Crippen molar-refractivity contribution in [2.45, 2.75) is 6.42 Å². The maximum Gasteiger partial charge on any atom is 0.276 e. The standard InChI is InChI=1S/C15H13N3O3S/c19-15(11-13-7-4-10-22-13)17-16-9-3-6-12-5-1-2-8-14(12)18(20)21/h1-10H,11H2,(H,17,19)/b6-3-,16-9?. The Morgan fingerprint density at radius 3 is 2.86 bits per heavy atom. The van der Waals surface area contributed by atoms with E-state index in [2.05, 4.69) is 10.5 Å². The van der Waals surface area contributed by atoms with Crippen molar-refractivity contribution >= 4 is 35.2 Å². The van der Waals surface area contributed by atoms with E-state index in [0.29, 0.717) is 5.56 Å². The Kier molecular flexibility index (Phi) is 5.56. The molecule has 1 aromatic heterocycles. The summed E-state index contributed by atoms with van der Waals surface area (Å²) >= 11 is 1.51. The molecule has 7 heteroatoms. The Morgan fingerprint density at radius 2 is 2.14 bits per heavy atom. The van der Waals surface area contributed by atoms with Crippen LogP contribution in [-0.2, 0) is 11.2 Å². The summed E-state index contributed by atoms with van der Waals surface area (Å²) in [4.78, 5) is 22.9. The Morgan fingerprint density at radius 1 is 1.32 bits per heavy atom. The quantitative estimate of drug-likeness (QED) is 0.505. The minimum atomic E-state index is -0.445. The minimum Gasteiger partial charge on any atom is -0.273 e. The number of nitrogens with zero attached hydrogens (tertiary/aromatic N) is 2. The zero-order chi connectivity index (χ0) is 15.8. The number of thiophene rings is 1. The van der Waals surface area contributed by atoms with Crippen molar-refractivity contribution < 1.29 is 9.72 Å². The molecule has 0 saturated heterocycles. The number of nitrogens with one attached hydrogen (secondary N) is 1. The van der Waals surface area contributed by atoms with Crippen molar-refractivity contribution in [1.82, 2.24) is 5.43 Å². The normalized spacial score (nSPS) is 11.1. The molecule has 1 N–H and O–H groups in total. The van der Waals surface area contributed by atoms with Gasteiger partial charge in [-0.05, 0) is 29.7 Å². The second-order valence-electron chi connectivity index (χ2n) is 4.24. The summed E-state index contributed by atoms with van der Waals surface area (Å²) in [5.74, 6) is -0.210. The van der Waals surface area contributed by atoms with Gasteiger partial charge in [-0.15, -0.1) is 11.3 Å². The van der Waals surface area contributed by atoms with Crippen molar-refractivity contribution in [3.63, 3.8) is 0 Å². The van der Waals surface area contributed by atoms with Gasteiger partial charge in [-0.2, -0.15) is 5.10 Å². The van der Waals surface area contributed by atoms with E-state index in [1.165, 1.54) is 29.7 Å². The summed E-state index contributed by atoms with van der Waals surface area (Å²) in [5.41, 5.74) is 2.89. The summed E-state index contributed by atoms with van der Waals surface area (Å²) in [6.07, 6.45) is 4.76. The fourth-order valence-electron chi connectivity index (χ4n) is 1.70. The van der Waals surface area contributed by atoms with E-state index in [-0.39, 0.29) is 18.0 Å². The van der Waals surface area contributed by atoms with Crippen molar-refractivity contribution in [2.24, 2.45) is 5.10 Å². The Balaban J connectivity index is 1.87. The number of nitro benzene ring substituents is 1. The van der Waals surface area contributed by atoms with Crippen molar-refractivity contribution in [2.75, 3.05) is 0 Å². The van der Waals surface area contributed by atoms with Crippen LogP contribution in [0.1, 0.15) is 10.4 Å². The Bertz CT molecular complexity index is 709. The lowest BCUT2D eigenvalue weighted by molar-refractivity contribution is -0.385. The molecule has 0 aliphatic heterocycles. The maximum atomic E-state index is 11.6. The number of benzene rings is 1. The van der Waals surface area contributed by atoms with Crippen LogP contribution >= 0.6 is 11.3 Å². The highest BCUT2D eigenvalue weighted by molar-refractivity contribution is 7.10. The molecule has 0 spiro atoms. The van der Waals surface area contributed by atoms with Crippen LogP contribution in [0.5, 0.6) is 0 Å². The summed E-state index contributed by atoms with van der Waals surface area (Å²) in [6.45, 7) is 0. The number of carbonyl (C=O) groups is 1. The molecule has 0 atom stereocenters. The van der Waals surface area contributed by atoms with Gasteiger partial charge in [0.2, 0.25) is 5.91 Å². The second-order valence-corrected chi connectivity index (χ2v) is 5.28. The Labute approximate surface area is 130 Å². The van der Waals surface area contributed by atoms with E-state index >= 15 is 0 Å². The van der Waals surface area contributed by atoms with Crippen LogP contribution in [-0.4, -0.2) is 17.0 Å². The van der Waals surface area contributed by atoms with E-state index in [9.17, 15) is 14.9 Å². The lowest BCUT2D eigenvalue weighted by Crippen LogP contribution is -2.18. The summed E-state index contributed by atoms with van der Waals surface area (Å²) in [7, 11) is 0. The number of allylic oxidation sites excluding steroid dienone is 1. The molecule has 2 aromatic rings. The summed E-state index contributed by atoms with van der Waals surface area (Å²) in [6, 6.07) is 10.1. The first kappa shape index (κ1) is 15.6. The molecule has 112 valence electrons. The molecule has 6 nitrogen and oxygen atoms in total. The third-order valence-electron chi connectivity index (χ3n) is 2.67. The number of nitro groups is 1. The van der Waals surface area contributed by atoms with Crippen LogP contribution in [0.25, 0.3) is 6.08 Å². The summed E-state index contributed by atoms with van der Waals surface area (Å²) < 4.78 is 0. The first-order valence-corrected chi connectivity index (χ1v) is 7.29. The number of hydrazone groups is 1. The molecular weight excluding hydrogens is 302 g/mol. The number of para-hydroxylation sites is 1. The number of amides is 1. The topological polar surface area (TPSA) is 84.6 Å². The fraction of sp³-hybridized carbons (Fsp3) is 0.0667. The van der Waals surface area contributed by atoms with Crippen LogP contribution < -0.4 is 5.43 Å². The van der Waals surface area contributed by atoms with Gasteiger partial charge in [0.1, 0.15) is 0 Å². The molecule has 0 fully saturated rings. The molecule has 1 aromatic carbocycles. The average molecular weight is 315 g/mol. The van der Waals surface area contributed by atoms with Gasteiger partial charge in [-0.3, -0.25) is 14.9 Å². The minimum absolute atomic E-state index is 0.0221. The summed E-state index contributed by atoms with van der Waals surface area (Å²) in [5, 5.41) is 16.5. The van der Waals surface area contributed by atoms with Gasteiger partial charge in [0.05, 0.1) is 16.9 Å². The van der Waals surface area contributed by atoms with E-state index in [1.54, 1.807) is 24.3 Å². The molecule has 0 bridgehead atoms. The molecule has 0 saturated carbocycles. The van der Waals surface area contributed by atoms with Crippen molar-refractivity contribution in [1.29, 1.82) is 0 Å². The highest BCUT2D eigenvalue weighted by Crippen LogP contribution is 2.18. The van der Waals surface area contributed by atoms with Gasteiger partial charge in [0.25, 0.3) is 5.69 Å². The molecule has 22 heavy (non-hydrogen) atoms. The maximum absolute atomic E-state index is 11.6. The van der Waals surface area contributed by atoms with E-state index in [4.69, 9.17) is 0 Å². The number of rotatable bonds is 6. The van der Waals surface area contributed by atoms with Gasteiger partial charge < -0.3 is 0 Å². The lowest BCUT2D eigenvalue weighted by atomic mass is 10.2. The zero-order valence-electron chi connectivity index (χ0n) is 11.5. The van der Waals surface area contributed by atoms with Gasteiger partial charge in [0, 0.05) is 17.2 Å². The molecule has 0 radical (unpaired) electrons. The van der Waals surface area contributed by atoms with Crippen LogP contribution in [0.2, 0.25) is 0 Å². The third-order valence-corrected chi connectivity index (χ3v) is 3.55. The average Bonchev–Trinajstić information content (AvgIpc) is 3.00. The molecule has 0 aliphatic rings. The first-order chi connectivity index (χ1) is 10.7. The second kappa shape index (κ2) is 7.84. The fourth-order valence-corrected chi connectivity index (χ4v) is 2.41. The number of hydrogen-bond acceptors (Lipinski definition) is 5. The van der Waals surface area contributed by atoms with Crippen molar-refractivity contribution in [3.05, 3.63) is 68.4 Å². The van der Waals surface area contributed by atoms with E-state index < -0.39 is 4.92 Å². The molecular formula is C15H13N3O3S. The lowest BCUT2D eigenvalue weighted by Gasteiger charge is -1.96. The van der Waals surface area contributed by atoms with Gasteiger partial charge in [-0.25, -0.2) is 5.43 Å². The number of carbonyl (C=O) groups excluding carboxylic acids is 1. The molecule has 1 heterocycles. The highest BCUT2D eigenvalue weighted by Gasteiger charge is 2.08. The molecule has 2 rings (SSSR count). The first-order valence-electron chi connectivity index (χ1n) is 6.41.